The number of hydrogen-bond acceptors (Lipinski definition) is 12. The van der Waals surface area contributed by atoms with E-state index in [1.165, 1.54) is 0 Å². The molecule has 1 saturated carbocycles. The van der Waals surface area contributed by atoms with Crippen molar-refractivity contribution >= 4 is 23.5 Å². The van der Waals surface area contributed by atoms with E-state index in [0.717, 1.165) is 0 Å². The Morgan fingerprint density at radius 3 is 1.00 bits per heavy atom. The minimum absolute atomic E-state index is 0. The van der Waals surface area contributed by atoms with Crippen LogP contribution in [0.3, 0.4) is 0 Å². The molecular weight excluding hydrogens is 474 g/mol. The van der Waals surface area contributed by atoms with Crippen molar-refractivity contribution in [2.24, 2.45) is 0 Å². The van der Waals surface area contributed by atoms with Gasteiger partial charge in [-0.2, -0.15) is 0 Å². The smallest absolute Gasteiger partial charge is 0.756 e. The molecule has 21 heteroatoms. The summed E-state index contributed by atoms with van der Waals surface area (Å²) in [6, 6.07) is 0. The molecule has 0 saturated heterocycles. The zero-order chi connectivity index (χ0) is 19.1. The van der Waals surface area contributed by atoms with Crippen molar-refractivity contribution in [3.63, 3.8) is 0 Å². The molecule has 1 aliphatic carbocycles. The third-order valence-corrected chi connectivity index (χ3v) is 4.31. The number of phosphoric ester groups is 3. The summed E-state index contributed by atoms with van der Waals surface area (Å²) in [5, 5.41) is 28.8. The molecular formula is C6H12Na3O15P3. The molecule has 5 unspecified atom stereocenters. The maximum absolute atomic E-state index is 10.8. The fourth-order valence-corrected chi connectivity index (χ4v) is 3.64. The summed E-state index contributed by atoms with van der Waals surface area (Å²) in [4.78, 5) is 58.3. The Labute approximate surface area is 218 Å². The normalized spacial score (nSPS) is 37.2. The van der Waals surface area contributed by atoms with Gasteiger partial charge in [-0.3, -0.25) is 13.7 Å². The van der Waals surface area contributed by atoms with Crippen LogP contribution in [-0.2, 0) is 27.3 Å². The van der Waals surface area contributed by atoms with E-state index >= 15 is 0 Å². The van der Waals surface area contributed by atoms with Crippen molar-refractivity contribution in [2.45, 2.75) is 36.6 Å². The van der Waals surface area contributed by atoms with Gasteiger partial charge in [-0.25, -0.2) is 0 Å². The third kappa shape index (κ3) is 12.1. The summed E-state index contributed by atoms with van der Waals surface area (Å²) in [6.07, 6.45) is -15.0. The summed E-state index contributed by atoms with van der Waals surface area (Å²) >= 11 is 0. The maximum atomic E-state index is 10.8. The van der Waals surface area contributed by atoms with Crippen LogP contribution in [0.25, 0.3) is 0 Å². The van der Waals surface area contributed by atoms with Gasteiger partial charge in [0.1, 0.15) is 36.6 Å². The zero-order valence-corrected chi connectivity index (χ0v) is 22.8. The molecule has 0 radical (unpaired) electrons. The van der Waals surface area contributed by atoms with Crippen LogP contribution in [0.1, 0.15) is 0 Å². The van der Waals surface area contributed by atoms with E-state index in [9.17, 15) is 43.7 Å². The van der Waals surface area contributed by atoms with Crippen LogP contribution >= 0.6 is 23.5 Å². The zero-order valence-electron chi connectivity index (χ0n) is 14.2. The molecule has 0 aromatic carbocycles. The van der Waals surface area contributed by atoms with E-state index in [1.807, 2.05) is 0 Å². The number of phosphoric acid groups is 3. The van der Waals surface area contributed by atoms with E-state index in [2.05, 4.69) is 13.6 Å². The summed E-state index contributed by atoms with van der Waals surface area (Å²) in [7, 11) is -17.2. The summed E-state index contributed by atoms with van der Waals surface area (Å²) in [6.45, 7) is 0. The van der Waals surface area contributed by atoms with E-state index in [4.69, 9.17) is 14.7 Å². The Morgan fingerprint density at radius 1 is 0.556 bits per heavy atom. The minimum atomic E-state index is -5.77. The van der Waals surface area contributed by atoms with E-state index < -0.39 is 60.1 Å². The van der Waals surface area contributed by atoms with Crippen molar-refractivity contribution in [3.8, 4) is 0 Å². The molecule has 1 rings (SSSR count). The van der Waals surface area contributed by atoms with E-state index in [0.29, 0.717) is 0 Å². The van der Waals surface area contributed by atoms with Gasteiger partial charge >= 0.3 is 88.7 Å². The number of aliphatic hydroxyl groups excluding tert-OH is 3. The average Bonchev–Trinajstić information content (AvgIpc) is 2.32. The molecule has 15 nitrogen and oxygen atoms in total. The third-order valence-electron chi connectivity index (χ3n) is 2.79. The van der Waals surface area contributed by atoms with Crippen molar-refractivity contribution in [1.82, 2.24) is 0 Å². The molecule has 1 aliphatic rings. The molecule has 0 amide bonds. The largest absolute Gasteiger partial charge is 1.00 e. The van der Waals surface area contributed by atoms with Gasteiger partial charge in [-0.05, 0) is 0 Å². The molecule has 0 bridgehead atoms. The van der Waals surface area contributed by atoms with E-state index in [-0.39, 0.29) is 88.7 Å². The maximum Gasteiger partial charge on any atom is 1.00 e. The number of aliphatic hydroxyl groups is 3. The second-order valence-electron chi connectivity index (χ2n) is 4.59. The summed E-state index contributed by atoms with van der Waals surface area (Å²) in [5.74, 6) is 0. The Hall–Kier alpha value is 3.21. The van der Waals surface area contributed by atoms with Crippen LogP contribution < -0.4 is 103 Å². The topological polar surface area (TPSA) is 269 Å². The molecule has 6 N–H and O–H groups in total. The van der Waals surface area contributed by atoms with Gasteiger partial charge in [0.05, 0.1) is 0 Å². The second-order valence-corrected chi connectivity index (χ2v) is 8.03. The minimum Gasteiger partial charge on any atom is -0.756 e. The molecule has 0 spiro atoms. The molecule has 1 fully saturated rings. The molecule has 0 aromatic heterocycles. The average molecular weight is 486 g/mol. The van der Waals surface area contributed by atoms with Crippen LogP contribution in [0.2, 0.25) is 0 Å². The monoisotopic (exact) mass is 486 g/mol. The first-order valence-electron chi connectivity index (χ1n) is 5.72. The Kier molecular flexibility index (Phi) is 16.8. The van der Waals surface area contributed by atoms with Gasteiger partial charge in [0.15, 0.2) is 0 Å². The SMILES string of the molecule is O=P([O-])(O)OC1[C@H](OP(=O)([O-])O)[C@H](O)C(O)[C@H](O)[C@H]1OP(=O)([O-])O.[Na+].[Na+].[Na+]. The fraction of sp³-hybridized carbons (Fsp3) is 1.00. The van der Waals surface area contributed by atoms with Gasteiger partial charge in [-0.15, -0.1) is 0 Å². The Balaban J connectivity index is -0.00000192. The van der Waals surface area contributed by atoms with Crippen molar-refractivity contribution in [3.05, 3.63) is 0 Å². The van der Waals surface area contributed by atoms with Gasteiger partial charge in [-0.1, -0.05) is 0 Å². The molecule has 9 atom stereocenters. The van der Waals surface area contributed by atoms with Crippen molar-refractivity contribution in [1.29, 1.82) is 0 Å². The Bertz CT molecular complexity index is 549. The van der Waals surface area contributed by atoms with Crippen molar-refractivity contribution < 1.29 is 161 Å². The van der Waals surface area contributed by atoms with Crippen LogP contribution in [-0.4, -0.2) is 66.6 Å². The number of rotatable bonds is 6. The Morgan fingerprint density at radius 2 is 0.778 bits per heavy atom. The van der Waals surface area contributed by atoms with Crippen LogP contribution in [0, 0.1) is 0 Å². The molecule has 27 heavy (non-hydrogen) atoms. The first kappa shape index (κ1) is 34.8. The predicted octanol–water partition coefficient (Wildman–Crippen LogP) is -14.4. The van der Waals surface area contributed by atoms with Crippen molar-refractivity contribution in [2.75, 3.05) is 0 Å². The van der Waals surface area contributed by atoms with Gasteiger partial charge < -0.3 is 58.3 Å². The second kappa shape index (κ2) is 13.0. The molecule has 0 heterocycles. The quantitative estimate of drug-likeness (QED) is 0.150. The standard InChI is InChI=1S/C6H15O15P3.3Na/c7-1-2(8)4(19-22(10,11)12)6(21-24(16,17)18)5(3(1)9)20-23(13,14)15;;;/h1-9H,(H2,10,11,12)(H2,13,14,15)(H2,16,17,18);;;/q;3*+1/p-3/t1?,2-,3+,4-,5-,6?;;;/m1.../s1. The van der Waals surface area contributed by atoms with E-state index in [1.54, 1.807) is 0 Å². The van der Waals surface area contributed by atoms with Crippen LogP contribution in [0.4, 0.5) is 0 Å². The predicted molar refractivity (Wildman–Crippen MR) is 62.1 cm³/mol. The molecule has 144 valence electrons. The molecule has 0 aromatic rings. The van der Waals surface area contributed by atoms with Crippen LogP contribution in [0.15, 0.2) is 0 Å². The van der Waals surface area contributed by atoms with Gasteiger partial charge in [0, 0.05) is 0 Å². The number of hydrogen-bond donors (Lipinski definition) is 6. The van der Waals surface area contributed by atoms with Gasteiger partial charge in [0.2, 0.25) is 0 Å². The van der Waals surface area contributed by atoms with Gasteiger partial charge in [0.25, 0.3) is 23.5 Å². The first-order valence-corrected chi connectivity index (χ1v) is 10.2. The molecule has 0 aliphatic heterocycles. The van der Waals surface area contributed by atoms with Crippen LogP contribution in [0.5, 0.6) is 0 Å². The summed E-state index contributed by atoms with van der Waals surface area (Å²) in [5.41, 5.74) is 0. The first-order chi connectivity index (χ1) is 10.5. The fourth-order valence-electron chi connectivity index (χ4n) is 1.99. The summed E-state index contributed by atoms with van der Waals surface area (Å²) < 4.78 is 44.1.